The minimum Gasteiger partial charge on any atom is -0.494 e. The summed E-state index contributed by atoms with van der Waals surface area (Å²) in [4.78, 5) is 0. The van der Waals surface area contributed by atoms with Crippen molar-refractivity contribution >= 4 is 11.8 Å². The van der Waals surface area contributed by atoms with E-state index in [4.69, 9.17) is 9.84 Å². The van der Waals surface area contributed by atoms with Crippen LogP contribution in [0.3, 0.4) is 0 Å². The van der Waals surface area contributed by atoms with Gasteiger partial charge in [0.2, 0.25) is 0 Å². The third-order valence-corrected chi connectivity index (χ3v) is 4.66. The van der Waals surface area contributed by atoms with Crippen molar-refractivity contribution in [2.24, 2.45) is 7.05 Å². The van der Waals surface area contributed by atoms with Gasteiger partial charge in [-0.3, -0.25) is 0 Å². The summed E-state index contributed by atoms with van der Waals surface area (Å²) in [6, 6.07) is 8.29. The largest absolute Gasteiger partial charge is 0.494 e. The second-order valence-corrected chi connectivity index (χ2v) is 7.51. The van der Waals surface area contributed by atoms with Crippen LogP contribution in [0.5, 0.6) is 5.75 Å². The van der Waals surface area contributed by atoms with Gasteiger partial charge < -0.3 is 14.4 Å². The summed E-state index contributed by atoms with van der Waals surface area (Å²) in [6.07, 6.45) is 0.922. The van der Waals surface area contributed by atoms with E-state index in [0.717, 1.165) is 23.1 Å². The van der Waals surface area contributed by atoms with Crippen molar-refractivity contribution in [3.63, 3.8) is 0 Å². The van der Waals surface area contributed by atoms with E-state index in [9.17, 15) is 0 Å². The average molecular weight is 335 g/mol. The first kappa shape index (κ1) is 17.8. The van der Waals surface area contributed by atoms with Crippen LogP contribution < -0.4 is 4.74 Å². The van der Waals surface area contributed by atoms with Crippen molar-refractivity contribution in [1.29, 1.82) is 0 Å². The van der Waals surface area contributed by atoms with Gasteiger partial charge in [-0.1, -0.05) is 44.7 Å². The number of benzene rings is 1. The maximum absolute atomic E-state index is 9.09. The van der Waals surface area contributed by atoms with Crippen molar-refractivity contribution in [1.82, 2.24) is 14.8 Å². The van der Waals surface area contributed by atoms with Gasteiger partial charge in [-0.15, -0.1) is 10.2 Å². The zero-order valence-electron chi connectivity index (χ0n) is 14.2. The van der Waals surface area contributed by atoms with E-state index < -0.39 is 0 Å². The molecule has 23 heavy (non-hydrogen) atoms. The number of aliphatic hydroxyl groups excluding tert-OH is 1. The molecule has 0 amide bonds. The molecular formula is C17H25N3O2S. The molecule has 0 saturated heterocycles. The molecular weight excluding hydrogens is 310 g/mol. The fraction of sp³-hybridized carbons (Fsp3) is 0.529. The Morgan fingerprint density at radius 1 is 1.26 bits per heavy atom. The highest BCUT2D eigenvalue weighted by Crippen LogP contribution is 2.25. The predicted octanol–water partition coefficient (Wildman–Crippen LogP) is 3.17. The Hall–Kier alpha value is -1.53. The van der Waals surface area contributed by atoms with E-state index in [2.05, 4.69) is 43.1 Å². The first-order chi connectivity index (χ1) is 10.9. The monoisotopic (exact) mass is 335 g/mol. The first-order valence-corrected chi connectivity index (χ1v) is 8.75. The highest BCUT2D eigenvalue weighted by Gasteiger charge is 2.13. The molecule has 0 spiro atoms. The molecule has 2 aromatic rings. The van der Waals surface area contributed by atoms with Crippen LogP contribution in [-0.4, -0.2) is 32.2 Å². The lowest BCUT2D eigenvalue weighted by atomic mass is 9.87. The van der Waals surface area contributed by atoms with Crippen molar-refractivity contribution in [3.05, 3.63) is 35.7 Å². The minimum absolute atomic E-state index is 0.0860. The molecule has 0 saturated carbocycles. The molecule has 0 unspecified atom stereocenters. The van der Waals surface area contributed by atoms with Crippen molar-refractivity contribution < 1.29 is 9.84 Å². The van der Waals surface area contributed by atoms with E-state index in [-0.39, 0.29) is 12.0 Å². The van der Waals surface area contributed by atoms with Crippen LogP contribution in [0.2, 0.25) is 0 Å². The summed E-state index contributed by atoms with van der Waals surface area (Å²) in [5.74, 6) is 2.41. The SMILES string of the molecule is Cn1c(CO)nnc1SCCCOc1cccc(C(C)(C)C)c1. The van der Waals surface area contributed by atoms with Gasteiger partial charge in [0.25, 0.3) is 0 Å². The zero-order chi connectivity index (χ0) is 16.9. The summed E-state index contributed by atoms with van der Waals surface area (Å²) in [5.41, 5.74) is 1.41. The van der Waals surface area contributed by atoms with Gasteiger partial charge in [0, 0.05) is 12.8 Å². The summed E-state index contributed by atoms with van der Waals surface area (Å²) in [5, 5.41) is 17.9. The Morgan fingerprint density at radius 3 is 2.70 bits per heavy atom. The van der Waals surface area contributed by atoms with E-state index in [0.29, 0.717) is 12.4 Å². The lowest BCUT2D eigenvalue weighted by Crippen LogP contribution is -2.11. The van der Waals surface area contributed by atoms with Crippen molar-refractivity contribution in [3.8, 4) is 5.75 Å². The van der Waals surface area contributed by atoms with Crippen molar-refractivity contribution in [2.45, 2.75) is 44.4 Å². The summed E-state index contributed by atoms with van der Waals surface area (Å²) in [7, 11) is 1.86. The second kappa shape index (κ2) is 7.84. The van der Waals surface area contributed by atoms with Crippen LogP contribution in [0.1, 0.15) is 38.6 Å². The molecule has 1 heterocycles. The molecule has 0 bridgehead atoms. The number of rotatable bonds is 7. The van der Waals surface area contributed by atoms with Crippen LogP contribution in [0.25, 0.3) is 0 Å². The average Bonchev–Trinajstić information content (AvgIpc) is 2.87. The number of nitrogens with zero attached hydrogens (tertiary/aromatic N) is 3. The molecule has 126 valence electrons. The van der Waals surface area contributed by atoms with Crippen molar-refractivity contribution in [2.75, 3.05) is 12.4 Å². The quantitative estimate of drug-likeness (QED) is 0.622. The number of hydrogen-bond acceptors (Lipinski definition) is 5. The van der Waals surface area contributed by atoms with Gasteiger partial charge in [-0.05, 0) is 29.5 Å². The van der Waals surface area contributed by atoms with Crippen LogP contribution in [0.15, 0.2) is 29.4 Å². The fourth-order valence-corrected chi connectivity index (χ4v) is 2.92. The predicted molar refractivity (Wildman–Crippen MR) is 92.9 cm³/mol. The topological polar surface area (TPSA) is 60.2 Å². The van der Waals surface area contributed by atoms with Gasteiger partial charge >= 0.3 is 0 Å². The van der Waals surface area contributed by atoms with Gasteiger partial charge in [0.05, 0.1) is 6.61 Å². The van der Waals surface area contributed by atoms with Gasteiger partial charge in [0.15, 0.2) is 11.0 Å². The Labute approximate surface area is 142 Å². The van der Waals surface area contributed by atoms with E-state index in [1.54, 1.807) is 11.8 Å². The molecule has 0 atom stereocenters. The van der Waals surface area contributed by atoms with E-state index >= 15 is 0 Å². The van der Waals surface area contributed by atoms with Crippen LogP contribution in [0, 0.1) is 0 Å². The molecule has 5 nitrogen and oxygen atoms in total. The summed E-state index contributed by atoms with van der Waals surface area (Å²) in [6.45, 7) is 7.18. The lowest BCUT2D eigenvalue weighted by molar-refractivity contribution is 0.266. The smallest absolute Gasteiger partial charge is 0.191 e. The molecule has 0 fully saturated rings. The third kappa shape index (κ3) is 4.97. The lowest BCUT2D eigenvalue weighted by Gasteiger charge is -2.19. The molecule has 6 heteroatoms. The van der Waals surface area contributed by atoms with Gasteiger partial charge in [0.1, 0.15) is 12.4 Å². The number of thioether (sulfide) groups is 1. The number of aromatic nitrogens is 3. The number of ether oxygens (including phenoxy) is 1. The molecule has 1 aromatic heterocycles. The zero-order valence-corrected chi connectivity index (χ0v) is 15.1. The second-order valence-electron chi connectivity index (χ2n) is 6.44. The molecule has 0 aliphatic rings. The summed E-state index contributed by atoms with van der Waals surface area (Å²) >= 11 is 1.62. The minimum atomic E-state index is -0.0860. The maximum atomic E-state index is 9.09. The van der Waals surface area contributed by atoms with Crippen LogP contribution in [0.4, 0.5) is 0 Å². The highest BCUT2D eigenvalue weighted by molar-refractivity contribution is 7.99. The van der Waals surface area contributed by atoms with Gasteiger partial charge in [-0.25, -0.2) is 0 Å². The normalized spacial score (nSPS) is 11.7. The molecule has 1 aromatic carbocycles. The third-order valence-electron chi connectivity index (χ3n) is 3.56. The summed E-state index contributed by atoms with van der Waals surface area (Å²) < 4.78 is 7.66. The maximum Gasteiger partial charge on any atom is 0.191 e. The molecule has 2 rings (SSSR count). The standard InChI is InChI=1S/C17H25N3O2S/c1-17(2,3)13-7-5-8-14(11-13)22-9-6-10-23-16-19-18-15(12-21)20(16)4/h5,7-8,11,21H,6,9-10,12H2,1-4H3. The molecule has 0 radical (unpaired) electrons. The number of aliphatic hydroxyl groups is 1. The van der Waals surface area contributed by atoms with Crippen LogP contribution >= 0.6 is 11.8 Å². The number of hydrogen-bond donors (Lipinski definition) is 1. The van der Waals surface area contributed by atoms with E-state index in [1.807, 2.05) is 23.7 Å². The van der Waals surface area contributed by atoms with Gasteiger partial charge in [-0.2, -0.15) is 0 Å². The fourth-order valence-electron chi connectivity index (χ4n) is 2.07. The molecule has 0 aliphatic heterocycles. The van der Waals surface area contributed by atoms with E-state index in [1.165, 1.54) is 5.56 Å². The highest BCUT2D eigenvalue weighted by atomic mass is 32.2. The molecule has 1 N–H and O–H groups in total. The first-order valence-electron chi connectivity index (χ1n) is 7.77. The van der Waals surface area contributed by atoms with Crippen LogP contribution in [-0.2, 0) is 19.1 Å². The Bertz CT molecular complexity index is 635. The molecule has 0 aliphatic carbocycles. The Balaban J connectivity index is 1.76. The Morgan fingerprint density at radius 2 is 2.04 bits per heavy atom. The Kier molecular flexibility index (Phi) is 6.07.